The predicted molar refractivity (Wildman–Crippen MR) is 539 cm³/mol. The molecule has 30 nitrogen and oxygen atoms in total. The molecule has 0 saturated carbocycles. The van der Waals surface area contributed by atoms with Crippen molar-refractivity contribution in [1.82, 2.24) is 0 Å². The van der Waals surface area contributed by atoms with Crippen LogP contribution in [0, 0.1) is 43.3 Å². The second kappa shape index (κ2) is 49.1. The molecular formula is C115H134O30. The maximum atomic E-state index is 12.0. The van der Waals surface area contributed by atoms with Crippen LogP contribution in [0.3, 0.4) is 0 Å². The molecule has 0 amide bonds. The van der Waals surface area contributed by atoms with E-state index in [2.05, 4.69) is 0 Å². The van der Waals surface area contributed by atoms with Crippen molar-refractivity contribution in [3.8, 4) is 74.7 Å². The van der Waals surface area contributed by atoms with E-state index in [9.17, 15) is 67.1 Å². The van der Waals surface area contributed by atoms with E-state index in [4.69, 9.17) is 75.5 Å². The quantitative estimate of drug-likeness (QED) is 0.0308. The SMILES string of the molecule is CCC(C)(C)C(=O)Oc1ccc2c(c1)CC(=O)O2.CCC(C)(C)C(=O)Oc1ccc2c(c1)CC=CO2.CCC(C)(C)C(=O)Oc1ccc2c(c1)COC2=O.CCC(C)(C)C(=O)Oc1ccc2c(c1)OC(=O)CC2.CCC(C)(C)C(=O)Oc1ccc2oc(=O)ccc2c1.CCC(C)(C)C(=O)Oc1cccc2c1C(=O)OC2.CCC(C)(C)C(=O)Oc1cccc2c1CCC2=O.CCC(C)(C)C(=O)Oc1cccc2c1OCO2. The van der Waals surface area contributed by atoms with E-state index in [1.807, 2.05) is 190 Å². The Bertz CT molecular complexity index is 6340. The molecule has 7 heterocycles. The number of esters is 12. The van der Waals surface area contributed by atoms with Crippen LogP contribution < -0.4 is 67.2 Å². The Hall–Kier alpha value is -14.6. The van der Waals surface area contributed by atoms with Crippen molar-refractivity contribution < 1.29 is 138 Å². The van der Waals surface area contributed by atoms with Crippen molar-refractivity contribution in [3.05, 3.63) is 231 Å². The van der Waals surface area contributed by atoms with Gasteiger partial charge in [-0.3, -0.25) is 52.7 Å². The number of para-hydroxylation sites is 1. The Morgan fingerprint density at radius 1 is 0.317 bits per heavy atom. The summed E-state index contributed by atoms with van der Waals surface area (Å²) in [5.41, 5.74) is 2.81. The Kier molecular flexibility index (Phi) is 38.6. The minimum absolute atomic E-state index is 0.137. The average Bonchev–Trinajstić information content (AvgIpc) is 1.66. The second-order valence-electron chi connectivity index (χ2n) is 40.6. The first-order valence-corrected chi connectivity index (χ1v) is 48.8. The van der Waals surface area contributed by atoms with Gasteiger partial charge in [-0.2, -0.15) is 0 Å². The molecule has 1 aromatic heterocycles. The molecule has 774 valence electrons. The number of ether oxygens (including phenoxy) is 15. The zero-order valence-corrected chi connectivity index (χ0v) is 87.4. The van der Waals surface area contributed by atoms with Gasteiger partial charge in [0.1, 0.15) is 81.9 Å². The van der Waals surface area contributed by atoms with Gasteiger partial charge in [0, 0.05) is 57.3 Å². The van der Waals surface area contributed by atoms with Crippen molar-refractivity contribution in [3.63, 3.8) is 0 Å². The number of allylic oxidation sites excluding steroid dienone is 1. The molecule has 0 bridgehead atoms. The predicted octanol–water partition coefficient (Wildman–Crippen LogP) is 23.3. The van der Waals surface area contributed by atoms with Crippen LogP contribution in [-0.4, -0.2) is 84.2 Å². The van der Waals surface area contributed by atoms with Crippen LogP contribution in [0.15, 0.2) is 179 Å². The highest BCUT2D eigenvalue weighted by molar-refractivity contribution is 6.02. The number of cyclic esters (lactones) is 2. The average molecular weight is 2000 g/mol. The molecule has 0 saturated heterocycles. The minimum Gasteiger partial charge on any atom is -0.465 e. The van der Waals surface area contributed by atoms with Crippen molar-refractivity contribution in [2.24, 2.45) is 43.3 Å². The fraction of sp³-hybridized carbons (Fsp3) is 0.426. The van der Waals surface area contributed by atoms with E-state index in [-0.39, 0.29) is 97.9 Å². The first-order chi connectivity index (χ1) is 68.2. The summed E-state index contributed by atoms with van der Waals surface area (Å²) in [5, 5.41) is 0.721. The third-order valence-electron chi connectivity index (χ3n) is 26.6. The number of Topliss-reactive ketones (excluding diaryl/α,β-unsaturated/α-hetero) is 1. The number of carbonyl (C=O) groups is 13. The van der Waals surface area contributed by atoms with Crippen molar-refractivity contribution in [2.75, 3.05) is 6.79 Å². The molecule has 8 aromatic carbocycles. The Labute approximate surface area is 846 Å². The van der Waals surface area contributed by atoms with E-state index < -0.39 is 54.9 Å². The summed E-state index contributed by atoms with van der Waals surface area (Å²) in [6.07, 6.45) is 12.6. The van der Waals surface area contributed by atoms with Gasteiger partial charge in [0.15, 0.2) is 17.3 Å². The molecule has 0 atom stereocenters. The van der Waals surface area contributed by atoms with Crippen LogP contribution in [0.4, 0.5) is 0 Å². The molecule has 0 N–H and O–H groups in total. The zero-order chi connectivity index (χ0) is 107. The molecule has 0 spiro atoms. The van der Waals surface area contributed by atoms with Crippen molar-refractivity contribution in [2.45, 2.75) is 269 Å². The van der Waals surface area contributed by atoms with E-state index in [0.29, 0.717) is 149 Å². The van der Waals surface area contributed by atoms with Gasteiger partial charge in [-0.05, 0) is 302 Å². The molecule has 0 fully saturated rings. The van der Waals surface area contributed by atoms with Crippen molar-refractivity contribution in [1.29, 1.82) is 0 Å². The van der Waals surface area contributed by atoms with Crippen LogP contribution in [-0.2, 0) is 96.3 Å². The lowest BCUT2D eigenvalue weighted by Gasteiger charge is -2.21. The number of fused-ring (bicyclic) bond motifs is 8. The third-order valence-corrected chi connectivity index (χ3v) is 26.6. The molecule has 7 aliphatic rings. The maximum absolute atomic E-state index is 12.0. The normalized spacial score (nSPS) is 13.8. The topological polar surface area (TPSA) is 391 Å². The number of hydrogen-bond acceptors (Lipinski definition) is 30. The summed E-state index contributed by atoms with van der Waals surface area (Å²) >= 11 is 0. The Morgan fingerprint density at radius 2 is 0.745 bits per heavy atom. The monoisotopic (exact) mass is 1990 g/mol. The summed E-state index contributed by atoms with van der Waals surface area (Å²) in [6.45, 7) is 45.8. The molecule has 145 heavy (non-hydrogen) atoms. The highest BCUT2D eigenvalue weighted by atomic mass is 16.7. The number of aryl methyl sites for hydroxylation is 1. The summed E-state index contributed by atoms with van der Waals surface area (Å²) in [5.74, 6) is 3.37. The van der Waals surface area contributed by atoms with Crippen molar-refractivity contribution >= 4 is 88.4 Å². The number of ketones is 1. The molecule has 0 unspecified atom stereocenters. The van der Waals surface area contributed by atoms with Gasteiger partial charge >= 0.3 is 77.3 Å². The van der Waals surface area contributed by atoms with E-state index in [1.54, 1.807) is 140 Å². The number of rotatable bonds is 24. The van der Waals surface area contributed by atoms with Crippen LogP contribution in [0.1, 0.15) is 295 Å². The molecule has 6 aliphatic heterocycles. The lowest BCUT2D eigenvalue weighted by atomic mass is 9.90. The summed E-state index contributed by atoms with van der Waals surface area (Å²) in [4.78, 5) is 164. The Balaban J connectivity index is 0.000000185. The van der Waals surface area contributed by atoms with E-state index in [1.165, 1.54) is 6.07 Å². The number of carbonyl (C=O) groups excluding carboxylic acids is 13. The van der Waals surface area contributed by atoms with Gasteiger partial charge in [-0.15, -0.1) is 0 Å². The fourth-order valence-corrected chi connectivity index (χ4v) is 12.8. The van der Waals surface area contributed by atoms with Gasteiger partial charge < -0.3 is 75.5 Å². The second-order valence-corrected chi connectivity index (χ2v) is 40.6. The maximum Gasteiger partial charge on any atom is 0.342 e. The highest BCUT2D eigenvalue weighted by Crippen LogP contribution is 2.44. The molecule has 16 rings (SSSR count). The van der Waals surface area contributed by atoms with Crippen LogP contribution >= 0.6 is 0 Å². The molecule has 9 aromatic rings. The van der Waals surface area contributed by atoms with Crippen LogP contribution in [0.25, 0.3) is 11.0 Å². The summed E-state index contributed by atoms with van der Waals surface area (Å²) < 4.78 is 83.7. The first-order valence-electron chi connectivity index (χ1n) is 48.8. The number of hydrogen-bond donors (Lipinski definition) is 0. The van der Waals surface area contributed by atoms with Gasteiger partial charge in [-0.25, -0.2) is 14.4 Å². The van der Waals surface area contributed by atoms with Gasteiger partial charge in [0.05, 0.1) is 68.0 Å². The zero-order valence-electron chi connectivity index (χ0n) is 87.4. The van der Waals surface area contributed by atoms with Gasteiger partial charge in [0.2, 0.25) is 12.5 Å². The van der Waals surface area contributed by atoms with Gasteiger partial charge in [0.25, 0.3) is 0 Å². The molecule has 1 aliphatic carbocycles. The minimum atomic E-state index is -0.564. The highest BCUT2D eigenvalue weighted by Gasteiger charge is 2.38. The van der Waals surface area contributed by atoms with E-state index >= 15 is 0 Å². The largest absolute Gasteiger partial charge is 0.465 e. The smallest absolute Gasteiger partial charge is 0.342 e. The van der Waals surface area contributed by atoms with Crippen LogP contribution in [0.2, 0.25) is 0 Å². The summed E-state index contributed by atoms with van der Waals surface area (Å²) in [6, 6.07) is 44.2. The first kappa shape index (κ1) is 114. The standard InChI is InChI=1S/C15H16O4.C15H18O4.2C15H18O3.3C14H16O4.C13H16O4/c1-4-15(2,3)14(17)18-11-6-7-12-10(9-11)5-8-13(16)19-12;1-4-15(2,3)14(17)18-11-7-5-10-6-8-13(16)19-12(10)9-11;1-4-15(2,3)14(16)18-12-7-8-13-11(10-12)6-5-9-17-13;1-4-15(2,3)14(17)18-13-7-5-6-10-11(13)8-9-12(10)16;1-4-14(2,3)13(16)18-10-5-6-11-9(7-10)8-17-12(11)15;1-4-14(2,3)13(16)17-10-5-6-11-9(7-10)8-12(15)18-11;1-4-14(2,3)13(16)18-10-7-5-6-9-8-17-12(15)11(9)10;1-4-13(2,3)12(14)17-10-7-5-6-9-11(10)16-8-15-9/h5-9H,4H2,1-3H3;5,7,9H,4,6,8H2,1-3H3;5,7-10H,4,6H2,1-3H3;5-7H,4,8-9H2,1-3H3;3*5-7H,4,8H2,1-3H3;5-7H,4,8H2,1-3H3. The number of benzene rings is 8. The summed E-state index contributed by atoms with van der Waals surface area (Å²) in [7, 11) is 0. The van der Waals surface area contributed by atoms with Gasteiger partial charge in [-0.1, -0.05) is 91.8 Å². The Morgan fingerprint density at radius 3 is 1.29 bits per heavy atom. The lowest BCUT2D eigenvalue weighted by Crippen LogP contribution is -2.28. The third kappa shape index (κ3) is 30.5. The van der Waals surface area contributed by atoms with E-state index in [0.717, 1.165) is 70.2 Å². The molecular weight excluding hydrogens is 1860 g/mol. The van der Waals surface area contributed by atoms with Crippen LogP contribution in [0.5, 0.6) is 74.7 Å². The molecule has 30 heteroatoms. The fourth-order valence-electron chi connectivity index (χ4n) is 12.8. The lowest BCUT2D eigenvalue weighted by molar-refractivity contribution is -0.145. The molecule has 0 radical (unpaired) electrons.